The Hall–Kier alpha value is 0.507. The average Bonchev–Trinajstić information content (AvgIpc) is 1.69. The SMILES string of the molecule is CCCCC[SiH2]Cl. The highest BCUT2D eigenvalue weighted by molar-refractivity contribution is 6.93. The zero-order valence-corrected chi connectivity index (χ0v) is 7.08. The molecule has 7 heavy (non-hydrogen) atoms. The van der Waals surface area contributed by atoms with Gasteiger partial charge in [-0.05, 0) is 6.04 Å². The highest BCUT2D eigenvalue weighted by atomic mass is 35.6. The minimum Gasteiger partial charge on any atom is -0.176 e. The maximum absolute atomic E-state index is 5.58. The Bertz CT molecular complexity index is 27.3. The summed E-state index contributed by atoms with van der Waals surface area (Å²) < 4.78 is 0. The molecular formula is C5H13ClSi. The predicted molar refractivity (Wildman–Crippen MR) is 38.7 cm³/mol. The van der Waals surface area contributed by atoms with E-state index < -0.39 is 0 Å². The number of hydrogen-bond acceptors (Lipinski definition) is 0. The summed E-state index contributed by atoms with van der Waals surface area (Å²) >= 11 is 5.58. The van der Waals surface area contributed by atoms with Crippen molar-refractivity contribution in [2.75, 3.05) is 0 Å². The Morgan fingerprint density at radius 2 is 2.14 bits per heavy atom. The van der Waals surface area contributed by atoms with Gasteiger partial charge in [0.15, 0.2) is 0 Å². The number of unbranched alkanes of at least 4 members (excludes halogenated alkanes) is 2. The van der Waals surface area contributed by atoms with E-state index in [1.54, 1.807) is 0 Å². The molecule has 0 nitrogen and oxygen atoms in total. The van der Waals surface area contributed by atoms with Crippen LogP contribution >= 0.6 is 11.1 Å². The molecule has 0 aliphatic rings. The summed E-state index contributed by atoms with van der Waals surface area (Å²) in [6, 6.07) is 1.33. The summed E-state index contributed by atoms with van der Waals surface area (Å²) in [5.74, 6) is 0. The van der Waals surface area contributed by atoms with Crippen LogP contribution < -0.4 is 0 Å². The smallest absolute Gasteiger partial charge is 0.125 e. The van der Waals surface area contributed by atoms with E-state index >= 15 is 0 Å². The van der Waals surface area contributed by atoms with Crippen molar-refractivity contribution in [2.45, 2.75) is 32.2 Å². The third-order valence-electron chi connectivity index (χ3n) is 0.987. The Morgan fingerprint density at radius 3 is 2.57 bits per heavy atom. The van der Waals surface area contributed by atoms with Crippen LogP contribution in [0.15, 0.2) is 0 Å². The van der Waals surface area contributed by atoms with Crippen LogP contribution in [-0.4, -0.2) is 8.83 Å². The molecule has 0 aliphatic carbocycles. The Balaban J connectivity index is 2.45. The molecule has 0 aliphatic heterocycles. The Kier molecular flexibility index (Phi) is 6.98. The third-order valence-corrected chi connectivity index (χ3v) is 2.56. The summed E-state index contributed by atoms with van der Waals surface area (Å²) in [7, 11) is -0.134. The molecular weight excluding hydrogens is 124 g/mol. The summed E-state index contributed by atoms with van der Waals surface area (Å²) in [4.78, 5) is 0. The highest BCUT2D eigenvalue weighted by Gasteiger charge is 1.82. The van der Waals surface area contributed by atoms with E-state index in [2.05, 4.69) is 6.92 Å². The van der Waals surface area contributed by atoms with Gasteiger partial charge in [-0.15, -0.1) is 0 Å². The number of hydrogen-bond donors (Lipinski definition) is 0. The number of halogens is 1. The average molecular weight is 137 g/mol. The standard InChI is InChI=1S/C5H13ClSi/c1-2-3-4-5-7-6/h2-5,7H2,1H3. The molecule has 0 saturated heterocycles. The molecule has 0 fully saturated rings. The molecule has 0 N–H and O–H groups in total. The molecule has 0 aromatic heterocycles. The molecule has 0 radical (unpaired) electrons. The summed E-state index contributed by atoms with van der Waals surface area (Å²) in [6.45, 7) is 2.22. The molecule has 0 spiro atoms. The van der Waals surface area contributed by atoms with Crippen molar-refractivity contribution < 1.29 is 0 Å². The molecule has 0 atom stereocenters. The zero-order valence-electron chi connectivity index (χ0n) is 4.91. The highest BCUT2D eigenvalue weighted by Crippen LogP contribution is 1.98. The maximum Gasteiger partial charge on any atom is 0.125 e. The zero-order chi connectivity index (χ0) is 5.54. The van der Waals surface area contributed by atoms with Gasteiger partial charge in [-0.2, -0.15) is 11.1 Å². The van der Waals surface area contributed by atoms with Crippen LogP contribution in [-0.2, 0) is 0 Å². The first-order chi connectivity index (χ1) is 3.41. The van der Waals surface area contributed by atoms with Gasteiger partial charge in [-0.3, -0.25) is 0 Å². The fourth-order valence-electron chi connectivity index (χ4n) is 0.521. The lowest BCUT2D eigenvalue weighted by Crippen LogP contribution is -1.76. The second-order valence-electron chi connectivity index (χ2n) is 1.75. The van der Waals surface area contributed by atoms with E-state index in [9.17, 15) is 0 Å². The maximum atomic E-state index is 5.58. The molecule has 0 unspecified atom stereocenters. The van der Waals surface area contributed by atoms with Crippen molar-refractivity contribution in [3.8, 4) is 0 Å². The molecule has 0 aromatic carbocycles. The van der Waals surface area contributed by atoms with Gasteiger partial charge in [-0.25, -0.2) is 0 Å². The molecule has 0 amide bonds. The summed E-state index contributed by atoms with van der Waals surface area (Å²) in [6.07, 6.45) is 4.07. The molecule has 0 heterocycles. The third kappa shape index (κ3) is 6.51. The van der Waals surface area contributed by atoms with Crippen molar-refractivity contribution >= 4 is 19.9 Å². The lowest BCUT2D eigenvalue weighted by atomic mass is 10.3. The Morgan fingerprint density at radius 1 is 1.43 bits per heavy atom. The van der Waals surface area contributed by atoms with Gasteiger partial charge >= 0.3 is 0 Å². The summed E-state index contributed by atoms with van der Waals surface area (Å²) in [5.41, 5.74) is 0. The normalized spacial score (nSPS) is 11.1. The fraction of sp³-hybridized carbons (Fsp3) is 1.00. The monoisotopic (exact) mass is 136 g/mol. The second-order valence-corrected chi connectivity index (χ2v) is 3.97. The van der Waals surface area contributed by atoms with Gasteiger partial charge < -0.3 is 0 Å². The van der Waals surface area contributed by atoms with Crippen LogP contribution in [0.4, 0.5) is 0 Å². The largest absolute Gasteiger partial charge is 0.176 e. The fourth-order valence-corrected chi connectivity index (χ4v) is 1.63. The lowest BCUT2D eigenvalue weighted by Gasteiger charge is -1.89. The second kappa shape index (κ2) is 6.51. The van der Waals surface area contributed by atoms with Crippen molar-refractivity contribution in [3.63, 3.8) is 0 Å². The molecule has 0 saturated carbocycles. The molecule has 2 heteroatoms. The van der Waals surface area contributed by atoms with Gasteiger partial charge in [0.2, 0.25) is 0 Å². The van der Waals surface area contributed by atoms with Gasteiger partial charge in [0.25, 0.3) is 0 Å². The van der Waals surface area contributed by atoms with E-state index in [0.29, 0.717) is 0 Å². The molecule has 0 aromatic rings. The van der Waals surface area contributed by atoms with E-state index in [1.807, 2.05) is 0 Å². The van der Waals surface area contributed by atoms with E-state index in [-0.39, 0.29) is 8.83 Å². The minimum absolute atomic E-state index is 0.134. The first kappa shape index (κ1) is 7.51. The van der Waals surface area contributed by atoms with E-state index in [1.165, 1.54) is 25.3 Å². The van der Waals surface area contributed by atoms with Gasteiger partial charge in [0.05, 0.1) is 0 Å². The van der Waals surface area contributed by atoms with Gasteiger partial charge in [0.1, 0.15) is 8.83 Å². The molecule has 0 bridgehead atoms. The first-order valence-corrected chi connectivity index (χ1v) is 6.11. The van der Waals surface area contributed by atoms with Crippen LogP contribution in [0.2, 0.25) is 6.04 Å². The number of rotatable bonds is 4. The van der Waals surface area contributed by atoms with Crippen LogP contribution in [0.3, 0.4) is 0 Å². The van der Waals surface area contributed by atoms with Gasteiger partial charge in [0, 0.05) is 0 Å². The van der Waals surface area contributed by atoms with Gasteiger partial charge in [-0.1, -0.05) is 26.2 Å². The van der Waals surface area contributed by atoms with Crippen molar-refractivity contribution in [1.82, 2.24) is 0 Å². The molecule has 44 valence electrons. The van der Waals surface area contributed by atoms with Crippen LogP contribution in [0, 0.1) is 0 Å². The Labute approximate surface area is 52.8 Å². The quantitative estimate of drug-likeness (QED) is 0.315. The first-order valence-electron chi connectivity index (χ1n) is 2.97. The predicted octanol–water partition coefficient (Wildman–Crippen LogP) is 1.92. The van der Waals surface area contributed by atoms with Crippen LogP contribution in [0.25, 0.3) is 0 Å². The van der Waals surface area contributed by atoms with Crippen molar-refractivity contribution in [3.05, 3.63) is 0 Å². The topological polar surface area (TPSA) is 0 Å². The minimum atomic E-state index is -0.134. The van der Waals surface area contributed by atoms with Crippen LogP contribution in [0.1, 0.15) is 26.2 Å². The van der Waals surface area contributed by atoms with E-state index in [4.69, 9.17) is 11.1 Å². The van der Waals surface area contributed by atoms with E-state index in [0.717, 1.165) is 0 Å². The lowest BCUT2D eigenvalue weighted by molar-refractivity contribution is 0.770. The van der Waals surface area contributed by atoms with Crippen molar-refractivity contribution in [1.29, 1.82) is 0 Å². The molecule has 0 rings (SSSR count). The van der Waals surface area contributed by atoms with Crippen molar-refractivity contribution in [2.24, 2.45) is 0 Å². The summed E-state index contributed by atoms with van der Waals surface area (Å²) in [5, 5.41) is 0. The van der Waals surface area contributed by atoms with Crippen LogP contribution in [0.5, 0.6) is 0 Å².